The highest BCUT2D eigenvalue weighted by atomic mass is 31.2. The van der Waals surface area contributed by atoms with E-state index in [-0.39, 0.29) is 26.2 Å². The first kappa shape index (κ1) is 28.2. The first-order valence-corrected chi connectivity index (χ1v) is 13.6. The van der Waals surface area contributed by atoms with Gasteiger partial charge in [0, 0.05) is 19.6 Å². The second-order valence-electron chi connectivity index (χ2n) is 7.57. The molecule has 0 aromatic heterocycles. The number of ether oxygens (including phenoxy) is 1. The lowest BCUT2D eigenvalue weighted by Gasteiger charge is -2.30. The molecule has 4 atom stereocenters. The topological polar surface area (TPSA) is 147 Å². The number of phosphoric acid groups is 2. The summed E-state index contributed by atoms with van der Waals surface area (Å²) in [4.78, 5) is 23.7. The van der Waals surface area contributed by atoms with Crippen LogP contribution >= 0.6 is 15.6 Å². The third-order valence-corrected chi connectivity index (χ3v) is 6.63. The second-order valence-corrected chi connectivity index (χ2v) is 10.3. The first-order chi connectivity index (χ1) is 14.2. The van der Waals surface area contributed by atoms with Crippen LogP contribution in [0.5, 0.6) is 0 Å². The van der Waals surface area contributed by atoms with Gasteiger partial charge in [-0.25, -0.2) is 0 Å². The molecule has 0 aromatic rings. The Balaban J connectivity index is 2.22. The molecule has 1 heterocycles. The maximum Gasteiger partial charge on any atom is 0.268 e. The van der Waals surface area contributed by atoms with Gasteiger partial charge in [0.2, 0.25) is 0 Å². The number of aliphatic hydroxyl groups excluding tert-OH is 1. The van der Waals surface area contributed by atoms with E-state index in [4.69, 9.17) is 23.4 Å². The van der Waals surface area contributed by atoms with E-state index in [0.29, 0.717) is 6.42 Å². The van der Waals surface area contributed by atoms with Crippen LogP contribution < -0.4 is 9.79 Å². The summed E-state index contributed by atoms with van der Waals surface area (Å²) in [5.74, 6) is 0. The summed E-state index contributed by atoms with van der Waals surface area (Å²) in [6, 6.07) is 0. The van der Waals surface area contributed by atoms with Gasteiger partial charge in [0.05, 0.1) is 25.4 Å². The van der Waals surface area contributed by atoms with Gasteiger partial charge in [-0.1, -0.05) is 38.5 Å². The normalized spacial score (nSPS) is 23.5. The Bertz CT molecular complexity index is 545. The lowest BCUT2D eigenvalue weighted by molar-refractivity contribution is -0.234. The van der Waals surface area contributed by atoms with Crippen molar-refractivity contribution in [3.8, 4) is 0 Å². The van der Waals surface area contributed by atoms with Crippen molar-refractivity contribution in [1.82, 2.24) is 0 Å². The van der Waals surface area contributed by atoms with Gasteiger partial charge in [-0.15, -0.1) is 0 Å². The molecule has 1 fully saturated rings. The summed E-state index contributed by atoms with van der Waals surface area (Å²) in [6.45, 7) is 3.22. The fraction of sp³-hybridized carbons (Fsp3) is 1.00. The quantitative estimate of drug-likeness (QED) is 0.232. The van der Waals surface area contributed by atoms with E-state index in [1.165, 1.54) is 0 Å². The van der Waals surface area contributed by atoms with Gasteiger partial charge < -0.3 is 37.7 Å². The lowest BCUT2D eigenvalue weighted by Crippen LogP contribution is -2.31. The number of aliphatic hydroxyl groups is 1. The fourth-order valence-electron chi connectivity index (χ4n) is 3.01. The van der Waals surface area contributed by atoms with Crippen molar-refractivity contribution >= 4 is 15.6 Å². The van der Waals surface area contributed by atoms with Crippen LogP contribution in [0.15, 0.2) is 0 Å². The van der Waals surface area contributed by atoms with Crippen molar-refractivity contribution in [2.75, 3.05) is 26.4 Å². The van der Waals surface area contributed by atoms with E-state index in [9.17, 15) is 18.9 Å². The van der Waals surface area contributed by atoms with E-state index in [1.807, 2.05) is 0 Å². The van der Waals surface area contributed by atoms with Gasteiger partial charge in [0.1, 0.15) is 6.10 Å². The summed E-state index contributed by atoms with van der Waals surface area (Å²) in [5, 5.41) is 8.71. The van der Waals surface area contributed by atoms with Crippen molar-refractivity contribution in [3.63, 3.8) is 0 Å². The number of rotatable bonds is 18. The molecule has 30 heavy (non-hydrogen) atoms. The van der Waals surface area contributed by atoms with Crippen LogP contribution in [0, 0.1) is 0 Å². The van der Waals surface area contributed by atoms with Crippen molar-refractivity contribution in [3.05, 3.63) is 0 Å². The third-order valence-electron chi connectivity index (χ3n) is 4.45. The molecule has 1 N–H and O–H groups in total. The molecule has 2 unspecified atom stereocenters. The van der Waals surface area contributed by atoms with Crippen molar-refractivity contribution < 1.29 is 46.9 Å². The van der Waals surface area contributed by atoms with E-state index >= 15 is 0 Å². The highest BCUT2D eigenvalue weighted by Gasteiger charge is 2.33. The Morgan fingerprint density at radius 3 is 2.17 bits per heavy atom. The SMILES string of the molecule is CC(C)OP(=O)([O-])OC[C@H]1OCC[C@@H]1OP(=O)([O-])OCCCCCCCCCCO. The molecule has 0 bridgehead atoms. The van der Waals surface area contributed by atoms with Crippen LogP contribution in [-0.2, 0) is 32.0 Å². The molecule has 0 amide bonds. The molecular formula is C18H36O10P2-2. The minimum atomic E-state index is -4.53. The van der Waals surface area contributed by atoms with Crippen LogP contribution in [0.1, 0.15) is 71.6 Å². The number of hydrogen-bond donors (Lipinski definition) is 1. The molecule has 10 nitrogen and oxygen atoms in total. The van der Waals surface area contributed by atoms with Crippen LogP contribution in [0.2, 0.25) is 0 Å². The molecule has 12 heteroatoms. The van der Waals surface area contributed by atoms with Crippen molar-refractivity contribution in [2.24, 2.45) is 0 Å². The van der Waals surface area contributed by atoms with E-state index in [0.717, 1.165) is 44.9 Å². The van der Waals surface area contributed by atoms with Gasteiger partial charge in [-0.05, 0) is 26.7 Å². The predicted molar refractivity (Wildman–Crippen MR) is 107 cm³/mol. The monoisotopic (exact) mass is 474 g/mol. The first-order valence-electron chi connectivity index (χ1n) is 10.7. The maximum atomic E-state index is 12.0. The Kier molecular flexibility index (Phi) is 14.1. The summed E-state index contributed by atoms with van der Waals surface area (Å²) in [7, 11) is -9.02. The molecular weight excluding hydrogens is 438 g/mol. The third kappa shape index (κ3) is 13.5. The molecule has 180 valence electrons. The minimum absolute atomic E-state index is 0.0397. The van der Waals surface area contributed by atoms with Crippen molar-refractivity contribution in [1.29, 1.82) is 0 Å². The fourth-order valence-corrected chi connectivity index (χ4v) is 4.90. The highest BCUT2D eigenvalue weighted by Crippen LogP contribution is 2.44. The zero-order valence-electron chi connectivity index (χ0n) is 17.9. The zero-order chi connectivity index (χ0) is 22.5. The minimum Gasteiger partial charge on any atom is -0.756 e. The Morgan fingerprint density at radius 2 is 1.57 bits per heavy atom. The standard InChI is InChI=1S/C18H38O10P2/c1-16(2)27-30(22,23)26-15-18-17(11-14-24-18)28-29(20,21)25-13-10-8-6-4-3-5-7-9-12-19/h16-19H,3-15H2,1-2H3,(H,20,21)(H,22,23)/p-2/t17-,18+/m0/s1. The van der Waals surface area contributed by atoms with Crippen LogP contribution in [0.4, 0.5) is 0 Å². The summed E-state index contributed by atoms with van der Waals surface area (Å²) in [5.41, 5.74) is 0. The molecule has 1 saturated heterocycles. The van der Waals surface area contributed by atoms with Gasteiger partial charge in [0.15, 0.2) is 0 Å². The molecule has 0 spiro atoms. The lowest BCUT2D eigenvalue weighted by atomic mass is 10.1. The van der Waals surface area contributed by atoms with E-state index < -0.39 is 40.6 Å². The average molecular weight is 474 g/mol. The summed E-state index contributed by atoms with van der Waals surface area (Å²) >= 11 is 0. The van der Waals surface area contributed by atoms with E-state index in [2.05, 4.69) is 4.52 Å². The molecule has 0 aliphatic carbocycles. The van der Waals surface area contributed by atoms with Crippen LogP contribution in [-0.4, -0.2) is 49.8 Å². The van der Waals surface area contributed by atoms with Crippen molar-refractivity contribution in [2.45, 2.75) is 89.9 Å². The second kappa shape index (κ2) is 15.1. The molecule has 0 aromatic carbocycles. The molecule has 1 aliphatic rings. The zero-order valence-corrected chi connectivity index (χ0v) is 19.7. The Morgan fingerprint density at radius 1 is 0.967 bits per heavy atom. The summed E-state index contributed by atoms with van der Waals surface area (Å²) in [6.07, 6.45) is 5.61. The molecule has 0 radical (unpaired) electrons. The maximum absolute atomic E-state index is 12.0. The predicted octanol–water partition coefficient (Wildman–Crippen LogP) is 2.67. The summed E-state index contributed by atoms with van der Waals surface area (Å²) < 4.78 is 48.4. The number of hydrogen-bond acceptors (Lipinski definition) is 10. The Hall–Kier alpha value is 0.140. The van der Waals surface area contributed by atoms with Gasteiger partial charge in [0.25, 0.3) is 15.6 Å². The van der Waals surface area contributed by atoms with Crippen LogP contribution in [0.25, 0.3) is 0 Å². The van der Waals surface area contributed by atoms with Gasteiger partial charge in [-0.2, -0.15) is 0 Å². The average Bonchev–Trinajstić information content (AvgIpc) is 3.07. The van der Waals surface area contributed by atoms with Crippen LogP contribution in [0.3, 0.4) is 0 Å². The Labute approximate surface area is 179 Å². The van der Waals surface area contributed by atoms with Gasteiger partial charge in [-0.3, -0.25) is 9.13 Å². The van der Waals surface area contributed by atoms with E-state index in [1.54, 1.807) is 13.8 Å². The molecule has 1 rings (SSSR count). The largest absolute Gasteiger partial charge is 0.756 e. The smallest absolute Gasteiger partial charge is 0.268 e. The van der Waals surface area contributed by atoms with Gasteiger partial charge >= 0.3 is 0 Å². The molecule has 1 aliphatic heterocycles. The molecule has 0 saturated carbocycles. The number of unbranched alkanes of at least 4 members (excludes halogenated alkanes) is 7. The number of phosphoric ester groups is 2. The highest BCUT2D eigenvalue weighted by molar-refractivity contribution is 7.46.